The number of aryl methyl sites for hydroxylation is 1. The Hall–Kier alpha value is -2.40. The highest BCUT2D eigenvalue weighted by molar-refractivity contribution is 6.30. The number of rotatable bonds is 8. The van der Waals surface area contributed by atoms with Crippen molar-refractivity contribution in [3.63, 3.8) is 0 Å². The number of carbonyl (C=O) groups excluding carboxylic acids is 1. The third kappa shape index (κ3) is 5.57. The molecule has 0 bridgehead atoms. The topological polar surface area (TPSA) is 56.8 Å². The number of carbonyl (C=O) groups is 1. The maximum Gasteiger partial charge on any atom is 0.257 e. The van der Waals surface area contributed by atoms with Crippen LogP contribution in [0, 0.1) is 6.92 Å². The molecule has 0 aliphatic rings. The molecule has 25 heavy (non-hydrogen) atoms. The molecular formula is C19H22ClNO4. The Labute approximate surface area is 152 Å². The average Bonchev–Trinajstić information content (AvgIpc) is 2.62. The van der Waals surface area contributed by atoms with Crippen LogP contribution in [0.1, 0.15) is 11.1 Å². The normalized spacial score (nSPS) is 10.2. The van der Waals surface area contributed by atoms with E-state index in [0.29, 0.717) is 35.2 Å². The fourth-order valence-electron chi connectivity index (χ4n) is 2.36. The molecule has 6 heteroatoms. The maximum absolute atomic E-state index is 11.9. The van der Waals surface area contributed by atoms with Gasteiger partial charge in [0.25, 0.3) is 5.91 Å². The first-order chi connectivity index (χ1) is 12.0. The maximum atomic E-state index is 11.9. The van der Waals surface area contributed by atoms with Crippen molar-refractivity contribution < 1.29 is 19.0 Å². The number of halogens is 1. The zero-order chi connectivity index (χ0) is 18.2. The molecule has 1 amide bonds. The summed E-state index contributed by atoms with van der Waals surface area (Å²) in [4.78, 5) is 11.9. The van der Waals surface area contributed by atoms with Crippen molar-refractivity contribution in [2.24, 2.45) is 0 Å². The van der Waals surface area contributed by atoms with Gasteiger partial charge in [0, 0.05) is 11.6 Å². The molecule has 0 saturated heterocycles. The lowest BCUT2D eigenvalue weighted by Crippen LogP contribution is -2.30. The van der Waals surface area contributed by atoms with Crippen LogP contribution in [-0.4, -0.2) is 33.3 Å². The summed E-state index contributed by atoms with van der Waals surface area (Å²) in [6.07, 6.45) is 0.693. The van der Waals surface area contributed by atoms with E-state index in [2.05, 4.69) is 5.32 Å². The SMILES string of the molecule is COc1cc(C)c(CCNC(=O)COc2ccc(Cl)cc2)cc1OC. The Morgan fingerprint density at radius 2 is 1.72 bits per heavy atom. The molecule has 5 nitrogen and oxygen atoms in total. The van der Waals surface area contributed by atoms with Crippen molar-refractivity contribution in [2.75, 3.05) is 27.4 Å². The van der Waals surface area contributed by atoms with Crippen LogP contribution in [-0.2, 0) is 11.2 Å². The van der Waals surface area contributed by atoms with Gasteiger partial charge in [-0.05, 0) is 60.9 Å². The van der Waals surface area contributed by atoms with Gasteiger partial charge in [-0.2, -0.15) is 0 Å². The van der Waals surface area contributed by atoms with Crippen LogP contribution < -0.4 is 19.5 Å². The average molecular weight is 364 g/mol. The summed E-state index contributed by atoms with van der Waals surface area (Å²) in [7, 11) is 3.21. The molecule has 134 valence electrons. The molecule has 2 aromatic rings. The number of hydrogen-bond acceptors (Lipinski definition) is 4. The van der Waals surface area contributed by atoms with E-state index >= 15 is 0 Å². The van der Waals surface area contributed by atoms with Gasteiger partial charge in [0.2, 0.25) is 0 Å². The van der Waals surface area contributed by atoms with E-state index in [1.165, 1.54) is 0 Å². The molecule has 0 aliphatic carbocycles. The number of ether oxygens (including phenoxy) is 3. The minimum atomic E-state index is -0.173. The lowest BCUT2D eigenvalue weighted by Gasteiger charge is -2.13. The first kappa shape index (κ1) is 18.9. The highest BCUT2D eigenvalue weighted by Gasteiger charge is 2.09. The molecule has 0 radical (unpaired) electrons. The predicted molar refractivity (Wildman–Crippen MR) is 97.9 cm³/mol. The van der Waals surface area contributed by atoms with Crippen LogP contribution in [0.5, 0.6) is 17.2 Å². The van der Waals surface area contributed by atoms with Gasteiger partial charge in [0.05, 0.1) is 14.2 Å². The van der Waals surface area contributed by atoms with Gasteiger partial charge in [0.15, 0.2) is 18.1 Å². The summed E-state index contributed by atoms with van der Waals surface area (Å²) < 4.78 is 16.0. The lowest BCUT2D eigenvalue weighted by molar-refractivity contribution is -0.123. The van der Waals surface area contributed by atoms with E-state index in [-0.39, 0.29) is 12.5 Å². The van der Waals surface area contributed by atoms with Crippen LogP contribution >= 0.6 is 11.6 Å². The largest absolute Gasteiger partial charge is 0.493 e. The molecular weight excluding hydrogens is 342 g/mol. The lowest BCUT2D eigenvalue weighted by atomic mass is 10.0. The summed E-state index contributed by atoms with van der Waals surface area (Å²) in [5.41, 5.74) is 2.18. The molecule has 0 atom stereocenters. The third-order valence-electron chi connectivity index (χ3n) is 3.74. The predicted octanol–water partition coefficient (Wildman–Crippen LogP) is 3.40. The second-order valence-electron chi connectivity index (χ2n) is 5.48. The van der Waals surface area contributed by atoms with E-state index in [1.807, 2.05) is 19.1 Å². The third-order valence-corrected chi connectivity index (χ3v) is 3.99. The number of benzene rings is 2. The second kappa shape index (κ2) is 9.18. The number of methoxy groups -OCH3 is 2. The zero-order valence-corrected chi connectivity index (χ0v) is 15.4. The number of hydrogen-bond donors (Lipinski definition) is 1. The minimum Gasteiger partial charge on any atom is -0.493 e. The monoisotopic (exact) mass is 363 g/mol. The highest BCUT2D eigenvalue weighted by atomic mass is 35.5. The van der Waals surface area contributed by atoms with Crippen LogP contribution in [0.4, 0.5) is 0 Å². The van der Waals surface area contributed by atoms with Crippen molar-refractivity contribution in [3.05, 3.63) is 52.5 Å². The van der Waals surface area contributed by atoms with E-state index in [4.69, 9.17) is 25.8 Å². The minimum absolute atomic E-state index is 0.0352. The first-order valence-corrected chi connectivity index (χ1v) is 8.28. The van der Waals surface area contributed by atoms with E-state index in [1.54, 1.807) is 38.5 Å². The van der Waals surface area contributed by atoms with E-state index < -0.39 is 0 Å². The fourth-order valence-corrected chi connectivity index (χ4v) is 2.49. The van der Waals surface area contributed by atoms with Crippen molar-refractivity contribution in [2.45, 2.75) is 13.3 Å². The van der Waals surface area contributed by atoms with Gasteiger partial charge in [-0.1, -0.05) is 11.6 Å². The molecule has 0 fully saturated rings. The van der Waals surface area contributed by atoms with Crippen molar-refractivity contribution in [3.8, 4) is 17.2 Å². The molecule has 0 heterocycles. The van der Waals surface area contributed by atoms with Gasteiger partial charge >= 0.3 is 0 Å². The van der Waals surface area contributed by atoms with E-state index in [9.17, 15) is 4.79 Å². The Morgan fingerprint density at radius 3 is 2.36 bits per heavy atom. The Morgan fingerprint density at radius 1 is 1.08 bits per heavy atom. The zero-order valence-electron chi connectivity index (χ0n) is 14.6. The van der Waals surface area contributed by atoms with Gasteiger partial charge in [-0.3, -0.25) is 4.79 Å². The van der Waals surface area contributed by atoms with Crippen molar-refractivity contribution in [1.29, 1.82) is 0 Å². The molecule has 0 aliphatic heterocycles. The Kier molecular flexibility index (Phi) is 6.95. The van der Waals surface area contributed by atoms with Gasteiger partial charge in [-0.15, -0.1) is 0 Å². The van der Waals surface area contributed by atoms with Crippen LogP contribution in [0.25, 0.3) is 0 Å². The van der Waals surface area contributed by atoms with Gasteiger partial charge < -0.3 is 19.5 Å². The molecule has 0 aromatic heterocycles. The molecule has 0 saturated carbocycles. The Bertz CT molecular complexity index is 716. The summed E-state index contributed by atoms with van der Waals surface area (Å²) in [6.45, 7) is 2.48. The smallest absolute Gasteiger partial charge is 0.257 e. The molecule has 0 spiro atoms. The quantitative estimate of drug-likeness (QED) is 0.781. The van der Waals surface area contributed by atoms with Crippen LogP contribution in [0.2, 0.25) is 5.02 Å². The Balaban J connectivity index is 1.81. The van der Waals surface area contributed by atoms with E-state index in [0.717, 1.165) is 11.1 Å². The molecule has 1 N–H and O–H groups in total. The number of amides is 1. The second-order valence-corrected chi connectivity index (χ2v) is 5.91. The van der Waals surface area contributed by atoms with Crippen molar-refractivity contribution >= 4 is 17.5 Å². The molecule has 0 unspecified atom stereocenters. The van der Waals surface area contributed by atoms with Crippen LogP contribution in [0.3, 0.4) is 0 Å². The number of nitrogens with one attached hydrogen (secondary N) is 1. The van der Waals surface area contributed by atoms with Gasteiger partial charge in [-0.25, -0.2) is 0 Å². The summed E-state index contributed by atoms with van der Waals surface area (Å²) in [5, 5.41) is 3.47. The standard InChI is InChI=1S/C19H22ClNO4/c1-13-10-17(23-2)18(24-3)11-14(13)8-9-21-19(22)12-25-16-6-4-15(20)5-7-16/h4-7,10-11H,8-9,12H2,1-3H3,(H,21,22). The first-order valence-electron chi connectivity index (χ1n) is 7.90. The van der Waals surface area contributed by atoms with Crippen molar-refractivity contribution in [1.82, 2.24) is 5.32 Å². The molecule has 2 rings (SSSR count). The van der Waals surface area contributed by atoms with Crippen LogP contribution in [0.15, 0.2) is 36.4 Å². The summed E-state index contributed by atoms with van der Waals surface area (Å²) in [5.74, 6) is 1.81. The summed E-state index contributed by atoms with van der Waals surface area (Å²) in [6, 6.07) is 10.7. The van der Waals surface area contributed by atoms with Gasteiger partial charge in [0.1, 0.15) is 5.75 Å². The summed E-state index contributed by atoms with van der Waals surface area (Å²) >= 11 is 5.80. The highest BCUT2D eigenvalue weighted by Crippen LogP contribution is 2.30. The fraction of sp³-hybridized carbons (Fsp3) is 0.316. The molecule has 2 aromatic carbocycles.